The van der Waals surface area contributed by atoms with Crippen LogP contribution in [0.2, 0.25) is 0 Å². The third kappa shape index (κ3) is 3.86. The topological polar surface area (TPSA) is 25.8 Å². The molecule has 0 unspecified atom stereocenters. The number of unbranched alkanes of at least 4 members (excludes halogenated alkanes) is 1. The zero-order chi connectivity index (χ0) is 19.2. The lowest BCUT2D eigenvalue weighted by Crippen LogP contribution is -2.03. The van der Waals surface area contributed by atoms with Crippen LogP contribution in [0, 0.1) is 0 Å². The van der Waals surface area contributed by atoms with Crippen molar-refractivity contribution in [3.8, 4) is 33.9 Å². The first-order valence-corrected chi connectivity index (χ1v) is 9.94. The number of nitrogens with zero attached hydrogens (tertiary/aromatic N) is 2. The minimum atomic E-state index is 0.776. The second-order valence-corrected chi connectivity index (χ2v) is 6.92. The van der Waals surface area contributed by atoms with E-state index in [9.17, 15) is 0 Å². The van der Waals surface area contributed by atoms with Gasteiger partial charge in [-0.3, -0.25) is 0 Å². The first kappa shape index (κ1) is 18.1. The third-order valence-electron chi connectivity index (χ3n) is 4.91. The Morgan fingerprint density at radius 3 is 1.43 bits per heavy atom. The lowest BCUT2D eigenvalue weighted by atomic mass is 9.95. The van der Waals surface area contributed by atoms with Crippen molar-refractivity contribution in [2.75, 3.05) is 0 Å². The third-order valence-corrected chi connectivity index (χ3v) is 4.91. The smallest absolute Gasteiger partial charge is 0.160 e. The highest BCUT2D eigenvalue weighted by Crippen LogP contribution is 2.33. The Kier molecular flexibility index (Phi) is 5.58. The number of rotatable bonds is 6. The van der Waals surface area contributed by atoms with Crippen LogP contribution in [0.4, 0.5) is 0 Å². The predicted molar refractivity (Wildman–Crippen MR) is 117 cm³/mol. The molecule has 0 fully saturated rings. The molecule has 28 heavy (non-hydrogen) atoms. The van der Waals surface area contributed by atoms with E-state index in [0.717, 1.165) is 53.2 Å². The Bertz CT molecular complexity index is 965. The van der Waals surface area contributed by atoms with Gasteiger partial charge in [-0.15, -0.1) is 0 Å². The zero-order valence-corrected chi connectivity index (χ0v) is 16.2. The molecule has 1 aromatic heterocycles. The monoisotopic (exact) mass is 364 g/mol. The van der Waals surface area contributed by atoms with Gasteiger partial charge in [0.25, 0.3) is 0 Å². The summed E-state index contributed by atoms with van der Waals surface area (Å²) < 4.78 is 0. The van der Waals surface area contributed by atoms with Gasteiger partial charge >= 0.3 is 0 Å². The molecule has 138 valence electrons. The van der Waals surface area contributed by atoms with E-state index in [4.69, 9.17) is 9.97 Å². The summed E-state index contributed by atoms with van der Waals surface area (Å²) >= 11 is 0. The van der Waals surface area contributed by atoms with Crippen LogP contribution in [0.25, 0.3) is 33.9 Å². The average Bonchev–Trinajstić information content (AvgIpc) is 2.79. The molecule has 1 heterocycles. The average molecular weight is 364 g/mol. The zero-order valence-electron chi connectivity index (χ0n) is 16.2. The normalized spacial score (nSPS) is 10.8. The summed E-state index contributed by atoms with van der Waals surface area (Å²) in [5, 5.41) is 0. The summed E-state index contributed by atoms with van der Waals surface area (Å²) in [6, 6.07) is 31.2. The predicted octanol–water partition coefficient (Wildman–Crippen LogP) is 6.82. The summed E-state index contributed by atoms with van der Waals surface area (Å²) in [6.07, 6.45) is 3.23. The molecule has 0 aliphatic heterocycles. The number of hydrogen-bond donors (Lipinski definition) is 0. The minimum Gasteiger partial charge on any atom is -0.228 e. The highest BCUT2D eigenvalue weighted by molar-refractivity contribution is 5.76. The largest absolute Gasteiger partial charge is 0.228 e. The Morgan fingerprint density at radius 1 is 0.571 bits per heavy atom. The molecule has 0 aliphatic rings. The van der Waals surface area contributed by atoms with Crippen LogP contribution in [0.5, 0.6) is 0 Å². The molecule has 3 aromatic carbocycles. The van der Waals surface area contributed by atoms with E-state index < -0.39 is 0 Å². The SMILES string of the molecule is CCCCc1c(-c2ccccc2)nc(-c2ccccc2)nc1-c1ccccc1. The van der Waals surface area contributed by atoms with Crippen molar-refractivity contribution in [2.24, 2.45) is 0 Å². The molecule has 0 radical (unpaired) electrons. The molecule has 0 bridgehead atoms. The molecular weight excluding hydrogens is 340 g/mol. The van der Waals surface area contributed by atoms with Gasteiger partial charge in [-0.05, 0) is 12.8 Å². The van der Waals surface area contributed by atoms with Crippen LogP contribution in [0.15, 0.2) is 91.0 Å². The van der Waals surface area contributed by atoms with Gasteiger partial charge in [0.2, 0.25) is 0 Å². The standard InChI is InChI=1S/C26H24N2/c1-2-3-19-23-24(20-13-7-4-8-14-20)27-26(22-17-11-6-12-18-22)28-25(23)21-15-9-5-10-16-21/h4-18H,2-3,19H2,1H3. The van der Waals surface area contributed by atoms with E-state index in [1.165, 1.54) is 5.56 Å². The Morgan fingerprint density at radius 2 is 1.00 bits per heavy atom. The molecular formula is C26H24N2. The van der Waals surface area contributed by atoms with E-state index in [2.05, 4.69) is 67.6 Å². The number of hydrogen-bond acceptors (Lipinski definition) is 2. The van der Waals surface area contributed by atoms with E-state index in [0.29, 0.717) is 0 Å². The molecule has 0 saturated heterocycles. The molecule has 2 nitrogen and oxygen atoms in total. The summed E-state index contributed by atoms with van der Waals surface area (Å²) in [5.74, 6) is 0.776. The highest BCUT2D eigenvalue weighted by Gasteiger charge is 2.17. The Labute approximate surface area is 167 Å². The van der Waals surface area contributed by atoms with Crippen molar-refractivity contribution in [3.05, 3.63) is 96.6 Å². The van der Waals surface area contributed by atoms with Crippen LogP contribution in [0.1, 0.15) is 25.3 Å². The van der Waals surface area contributed by atoms with Crippen LogP contribution >= 0.6 is 0 Å². The van der Waals surface area contributed by atoms with Gasteiger partial charge < -0.3 is 0 Å². The molecule has 0 spiro atoms. The number of aromatic nitrogens is 2. The van der Waals surface area contributed by atoms with Gasteiger partial charge in [0, 0.05) is 22.3 Å². The van der Waals surface area contributed by atoms with Crippen molar-refractivity contribution >= 4 is 0 Å². The fraction of sp³-hybridized carbons (Fsp3) is 0.154. The van der Waals surface area contributed by atoms with Crippen molar-refractivity contribution in [1.82, 2.24) is 9.97 Å². The van der Waals surface area contributed by atoms with E-state index >= 15 is 0 Å². The first-order valence-electron chi connectivity index (χ1n) is 9.94. The second-order valence-electron chi connectivity index (χ2n) is 6.92. The maximum atomic E-state index is 5.04. The van der Waals surface area contributed by atoms with Crippen LogP contribution in [-0.2, 0) is 6.42 Å². The molecule has 0 saturated carbocycles. The molecule has 0 atom stereocenters. The van der Waals surface area contributed by atoms with Crippen molar-refractivity contribution in [3.63, 3.8) is 0 Å². The van der Waals surface area contributed by atoms with Crippen LogP contribution in [-0.4, -0.2) is 9.97 Å². The first-order chi connectivity index (χ1) is 13.9. The maximum absolute atomic E-state index is 5.04. The second kappa shape index (κ2) is 8.62. The Balaban J connectivity index is 1.99. The summed E-state index contributed by atoms with van der Waals surface area (Å²) in [4.78, 5) is 10.1. The van der Waals surface area contributed by atoms with Crippen LogP contribution in [0.3, 0.4) is 0 Å². The number of benzene rings is 3. The van der Waals surface area contributed by atoms with Gasteiger partial charge in [-0.1, -0.05) is 104 Å². The summed E-state index contributed by atoms with van der Waals surface area (Å²) in [7, 11) is 0. The van der Waals surface area contributed by atoms with Crippen molar-refractivity contribution in [1.29, 1.82) is 0 Å². The van der Waals surface area contributed by atoms with E-state index in [1.807, 2.05) is 30.3 Å². The van der Waals surface area contributed by atoms with Gasteiger partial charge in [0.05, 0.1) is 11.4 Å². The van der Waals surface area contributed by atoms with Crippen LogP contribution < -0.4 is 0 Å². The van der Waals surface area contributed by atoms with Crippen molar-refractivity contribution < 1.29 is 0 Å². The van der Waals surface area contributed by atoms with Gasteiger partial charge in [-0.25, -0.2) is 9.97 Å². The fourth-order valence-electron chi connectivity index (χ4n) is 3.46. The highest BCUT2D eigenvalue weighted by atomic mass is 14.9. The van der Waals surface area contributed by atoms with Crippen molar-refractivity contribution in [2.45, 2.75) is 26.2 Å². The molecule has 2 heteroatoms. The maximum Gasteiger partial charge on any atom is 0.160 e. The van der Waals surface area contributed by atoms with E-state index in [1.54, 1.807) is 0 Å². The van der Waals surface area contributed by atoms with Gasteiger partial charge in [-0.2, -0.15) is 0 Å². The molecule has 4 rings (SSSR count). The molecule has 4 aromatic rings. The molecule has 0 N–H and O–H groups in total. The Hall–Kier alpha value is -3.26. The lowest BCUT2D eigenvalue weighted by Gasteiger charge is -2.16. The van der Waals surface area contributed by atoms with E-state index in [-0.39, 0.29) is 0 Å². The fourth-order valence-corrected chi connectivity index (χ4v) is 3.46. The molecule has 0 aliphatic carbocycles. The van der Waals surface area contributed by atoms with Gasteiger partial charge in [0.1, 0.15) is 0 Å². The van der Waals surface area contributed by atoms with Gasteiger partial charge in [0.15, 0.2) is 5.82 Å². The summed E-state index contributed by atoms with van der Waals surface area (Å²) in [6.45, 7) is 2.23. The quantitative estimate of drug-likeness (QED) is 0.375. The molecule has 0 amide bonds. The summed E-state index contributed by atoms with van der Waals surface area (Å²) in [5.41, 5.74) is 6.65. The lowest BCUT2D eigenvalue weighted by molar-refractivity contribution is 0.791. The minimum absolute atomic E-state index is 0.776.